The molecule has 0 saturated carbocycles. The number of rotatable bonds is 6. The van der Waals surface area contributed by atoms with E-state index in [1.165, 1.54) is 5.56 Å². The smallest absolute Gasteiger partial charge is 0.0607 e. The molecular weight excluding hydrogens is 162 g/mol. The molecule has 1 rings (SSSR count). The van der Waals surface area contributed by atoms with Crippen LogP contribution in [0.5, 0.6) is 0 Å². The van der Waals surface area contributed by atoms with E-state index in [0.717, 1.165) is 26.3 Å². The van der Waals surface area contributed by atoms with Gasteiger partial charge >= 0.3 is 0 Å². The molecule has 0 aliphatic carbocycles. The van der Waals surface area contributed by atoms with E-state index in [1.54, 1.807) is 0 Å². The minimum Gasteiger partial charge on any atom is -0.380 e. The first-order valence-corrected chi connectivity index (χ1v) is 4.68. The summed E-state index contributed by atoms with van der Waals surface area (Å²) in [5, 5.41) is 4.35. The van der Waals surface area contributed by atoms with E-state index in [4.69, 9.17) is 4.74 Å². The summed E-state index contributed by atoms with van der Waals surface area (Å²) >= 11 is 0. The van der Waals surface area contributed by atoms with Gasteiger partial charge in [-0.25, -0.2) is 5.32 Å². The molecule has 0 aliphatic rings. The Bertz CT molecular complexity index is 211. The molecule has 1 radical (unpaired) electrons. The Morgan fingerprint density at radius 2 is 2.00 bits per heavy atom. The monoisotopic (exact) mass is 178 g/mol. The van der Waals surface area contributed by atoms with Crippen LogP contribution in [-0.4, -0.2) is 19.8 Å². The van der Waals surface area contributed by atoms with Gasteiger partial charge in [-0.1, -0.05) is 30.3 Å². The molecule has 2 heteroatoms. The van der Waals surface area contributed by atoms with Crippen LogP contribution < -0.4 is 5.32 Å². The Morgan fingerprint density at radius 1 is 1.23 bits per heavy atom. The van der Waals surface area contributed by atoms with E-state index in [-0.39, 0.29) is 0 Å². The lowest BCUT2D eigenvalue weighted by Crippen LogP contribution is -2.12. The molecule has 0 fully saturated rings. The predicted octanol–water partition coefficient (Wildman–Crippen LogP) is 1.83. The third kappa shape index (κ3) is 4.65. The van der Waals surface area contributed by atoms with Gasteiger partial charge in [-0.3, -0.25) is 0 Å². The van der Waals surface area contributed by atoms with E-state index in [9.17, 15) is 0 Å². The molecule has 1 aromatic carbocycles. The van der Waals surface area contributed by atoms with E-state index >= 15 is 0 Å². The van der Waals surface area contributed by atoms with Gasteiger partial charge in [-0.05, 0) is 12.5 Å². The fraction of sp³-hybridized carbons (Fsp3) is 0.455. The molecule has 0 aliphatic heterocycles. The summed E-state index contributed by atoms with van der Waals surface area (Å²) in [4.78, 5) is 0. The fourth-order valence-electron chi connectivity index (χ4n) is 1.07. The Hall–Kier alpha value is -0.860. The maximum Gasteiger partial charge on any atom is 0.0607 e. The van der Waals surface area contributed by atoms with Gasteiger partial charge in [-0.2, -0.15) is 0 Å². The van der Waals surface area contributed by atoms with Crippen LogP contribution in [0.4, 0.5) is 0 Å². The molecule has 13 heavy (non-hydrogen) atoms. The maximum absolute atomic E-state index is 5.18. The SMILES string of the molecule is CCOCC[N]Cc1ccccc1. The Kier molecular flexibility index (Phi) is 5.22. The van der Waals surface area contributed by atoms with Crippen LogP contribution in [0, 0.1) is 0 Å². The van der Waals surface area contributed by atoms with Gasteiger partial charge in [0.25, 0.3) is 0 Å². The highest BCUT2D eigenvalue weighted by atomic mass is 16.5. The molecule has 2 nitrogen and oxygen atoms in total. The van der Waals surface area contributed by atoms with Gasteiger partial charge in [0.1, 0.15) is 0 Å². The van der Waals surface area contributed by atoms with Crippen LogP contribution in [0.25, 0.3) is 0 Å². The molecule has 0 amide bonds. The van der Waals surface area contributed by atoms with Gasteiger partial charge in [0.15, 0.2) is 0 Å². The zero-order valence-electron chi connectivity index (χ0n) is 8.07. The van der Waals surface area contributed by atoms with Crippen LogP contribution in [-0.2, 0) is 11.3 Å². The topological polar surface area (TPSA) is 23.3 Å². The minimum atomic E-state index is 0.739. The normalized spacial score (nSPS) is 10.2. The molecule has 0 atom stereocenters. The molecule has 1 aromatic rings. The predicted molar refractivity (Wildman–Crippen MR) is 53.6 cm³/mol. The van der Waals surface area contributed by atoms with Crippen molar-refractivity contribution in [3.05, 3.63) is 35.9 Å². The lowest BCUT2D eigenvalue weighted by molar-refractivity contribution is 0.148. The van der Waals surface area contributed by atoms with Crippen molar-refractivity contribution in [3.8, 4) is 0 Å². The highest BCUT2D eigenvalue weighted by molar-refractivity contribution is 5.14. The summed E-state index contributed by atoms with van der Waals surface area (Å²) in [6, 6.07) is 10.3. The molecule has 0 unspecified atom stereocenters. The fourth-order valence-corrected chi connectivity index (χ4v) is 1.07. The zero-order valence-corrected chi connectivity index (χ0v) is 8.07. The molecule has 0 aromatic heterocycles. The van der Waals surface area contributed by atoms with Crippen molar-refractivity contribution in [3.63, 3.8) is 0 Å². The largest absolute Gasteiger partial charge is 0.380 e. The highest BCUT2D eigenvalue weighted by Crippen LogP contribution is 1.97. The number of nitrogens with zero attached hydrogens (tertiary/aromatic N) is 1. The number of ether oxygens (including phenoxy) is 1. The summed E-state index contributed by atoms with van der Waals surface area (Å²) in [5.41, 5.74) is 1.26. The summed E-state index contributed by atoms with van der Waals surface area (Å²) in [5.74, 6) is 0. The van der Waals surface area contributed by atoms with Gasteiger partial charge in [0.2, 0.25) is 0 Å². The second-order valence-corrected chi connectivity index (χ2v) is 2.79. The molecule has 0 saturated heterocycles. The number of hydrogen-bond donors (Lipinski definition) is 0. The van der Waals surface area contributed by atoms with Crippen molar-refractivity contribution in [2.45, 2.75) is 13.5 Å². The van der Waals surface area contributed by atoms with Crippen molar-refractivity contribution < 1.29 is 4.74 Å². The number of benzene rings is 1. The molecule has 0 N–H and O–H groups in total. The van der Waals surface area contributed by atoms with Gasteiger partial charge < -0.3 is 4.74 Å². The lowest BCUT2D eigenvalue weighted by Gasteiger charge is -2.02. The van der Waals surface area contributed by atoms with Gasteiger partial charge in [0.05, 0.1) is 6.61 Å². The van der Waals surface area contributed by atoms with Crippen molar-refractivity contribution in [2.24, 2.45) is 0 Å². The average Bonchev–Trinajstić information content (AvgIpc) is 2.19. The first-order chi connectivity index (χ1) is 6.43. The van der Waals surface area contributed by atoms with Crippen LogP contribution in [0.3, 0.4) is 0 Å². The van der Waals surface area contributed by atoms with Crippen molar-refractivity contribution in [1.82, 2.24) is 5.32 Å². The summed E-state index contributed by atoms with van der Waals surface area (Å²) < 4.78 is 5.18. The van der Waals surface area contributed by atoms with Crippen LogP contribution >= 0.6 is 0 Å². The van der Waals surface area contributed by atoms with Crippen molar-refractivity contribution in [1.29, 1.82) is 0 Å². The quantitative estimate of drug-likeness (QED) is 0.609. The Labute approximate surface area is 79.9 Å². The standard InChI is InChI=1S/C11H16NO/c1-2-13-9-8-12-10-11-6-4-3-5-7-11/h3-7H,2,8-10H2,1H3. The second kappa shape index (κ2) is 6.63. The zero-order chi connectivity index (χ0) is 9.36. The minimum absolute atomic E-state index is 0.739. The molecule has 0 spiro atoms. The second-order valence-electron chi connectivity index (χ2n) is 2.79. The van der Waals surface area contributed by atoms with E-state index in [1.807, 2.05) is 25.1 Å². The first-order valence-electron chi connectivity index (χ1n) is 4.68. The molecule has 0 bridgehead atoms. The van der Waals surface area contributed by atoms with Crippen LogP contribution in [0.2, 0.25) is 0 Å². The number of hydrogen-bond acceptors (Lipinski definition) is 1. The third-order valence-electron chi connectivity index (χ3n) is 1.74. The van der Waals surface area contributed by atoms with Gasteiger partial charge in [-0.15, -0.1) is 0 Å². The van der Waals surface area contributed by atoms with Gasteiger partial charge in [0, 0.05) is 19.7 Å². The Balaban J connectivity index is 2.07. The first kappa shape index (κ1) is 10.2. The lowest BCUT2D eigenvalue weighted by atomic mass is 10.2. The molecular formula is C11H16NO. The average molecular weight is 178 g/mol. The summed E-state index contributed by atoms with van der Waals surface area (Å²) in [6.07, 6.45) is 0. The van der Waals surface area contributed by atoms with E-state index < -0.39 is 0 Å². The summed E-state index contributed by atoms with van der Waals surface area (Å²) in [6.45, 7) is 5.11. The Morgan fingerprint density at radius 3 is 2.69 bits per heavy atom. The van der Waals surface area contributed by atoms with E-state index in [0.29, 0.717) is 0 Å². The summed E-state index contributed by atoms with van der Waals surface area (Å²) in [7, 11) is 0. The van der Waals surface area contributed by atoms with Crippen LogP contribution in [0.15, 0.2) is 30.3 Å². The van der Waals surface area contributed by atoms with Crippen LogP contribution in [0.1, 0.15) is 12.5 Å². The highest BCUT2D eigenvalue weighted by Gasteiger charge is 1.91. The maximum atomic E-state index is 5.18. The molecule has 71 valence electrons. The molecule has 0 heterocycles. The third-order valence-corrected chi connectivity index (χ3v) is 1.74. The van der Waals surface area contributed by atoms with Crippen molar-refractivity contribution in [2.75, 3.05) is 19.8 Å². The van der Waals surface area contributed by atoms with E-state index in [2.05, 4.69) is 17.4 Å². The van der Waals surface area contributed by atoms with Crippen molar-refractivity contribution >= 4 is 0 Å².